The SMILES string of the molecule is COc1ccc(OC)c(NC(=O)C(=O)N/N=C/c2ccccc2OC(=O)c2ccco2)c1. The molecule has 2 amide bonds. The number of para-hydroxylation sites is 1. The molecule has 0 radical (unpaired) electrons. The van der Waals surface area contributed by atoms with Crippen LogP contribution in [-0.4, -0.2) is 38.2 Å². The summed E-state index contributed by atoms with van der Waals surface area (Å²) in [7, 11) is 2.90. The van der Waals surface area contributed by atoms with Crippen molar-refractivity contribution in [3.05, 3.63) is 72.2 Å². The van der Waals surface area contributed by atoms with E-state index >= 15 is 0 Å². The highest BCUT2D eigenvalue weighted by Crippen LogP contribution is 2.28. The fraction of sp³-hybridized carbons (Fsp3) is 0.0909. The van der Waals surface area contributed by atoms with Gasteiger partial charge in [0, 0.05) is 11.6 Å². The van der Waals surface area contributed by atoms with Crippen LogP contribution in [0.25, 0.3) is 0 Å². The Labute approximate surface area is 182 Å². The van der Waals surface area contributed by atoms with E-state index in [-0.39, 0.29) is 17.2 Å². The number of hydrogen-bond acceptors (Lipinski definition) is 8. The summed E-state index contributed by atoms with van der Waals surface area (Å²) in [4.78, 5) is 36.4. The highest BCUT2D eigenvalue weighted by molar-refractivity contribution is 6.39. The number of nitrogens with zero attached hydrogens (tertiary/aromatic N) is 1. The van der Waals surface area contributed by atoms with E-state index in [0.29, 0.717) is 17.1 Å². The number of ether oxygens (including phenoxy) is 3. The number of nitrogens with one attached hydrogen (secondary N) is 2. The standard InChI is InChI=1S/C22H19N3O7/c1-29-15-9-10-18(30-2)16(12-15)24-20(26)21(27)25-23-13-14-6-3-4-7-17(14)32-22(28)19-8-5-11-31-19/h3-13H,1-2H3,(H,24,26)(H,25,27)/b23-13+. The second-order valence-electron chi connectivity index (χ2n) is 6.12. The number of hydrazone groups is 1. The molecule has 1 heterocycles. The number of rotatable bonds is 7. The Morgan fingerprint density at radius 2 is 1.75 bits per heavy atom. The first-order chi connectivity index (χ1) is 15.5. The Morgan fingerprint density at radius 1 is 0.938 bits per heavy atom. The molecule has 2 N–H and O–H groups in total. The number of furan rings is 1. The van der Waals surface area contributed by atoms with Crippen LogP contribution in [0.15, 0.2) is 70.4 Å². The lowest BCUT2D eigenvalue weighted by Gasteiger charge is -2.11. The Morgan fingerprint density at radius 3 is 2.47 bits per heavy atom. The summed E-state index contributed by atoms with van der Waals surface area (Å²) in [6, 6.07) is 14.3. The third-order valence-electron chi connectivity index (χ3n) is 4.07. The van der Waals surface area contributed by atoms with Crippen molar-refractivity contribution >= 4 is 29.7 Å². The molecule has 1 aromatic heterocycles. The maximum absolute atomic E-state index is 12.2. The average Bonchev–Trinajstić information content (AvgIpc) is 3.35. The third-order valence-corrected chi connectivity index (χ3v) is 4.07. The van der Waals surface area contributed by atoms with E-state index in [4.69, 9.17) is 18.6 Å². The summed E-state index contributed by atoms with van der Waals surface area (Å²) < 4.78 is 20.5. The van der Waals surface area contributed by atoms with Crippen LogP contribution < -0.4 is 25.0 Å². The quantitative estimate of drug-likeness (QED) is 0.191. The van der Waals surface area contributed by atoms with Gasteiger partial charge in [-0.1, -0.05) is 12.1 Å². The molecular weight excluding hydrogens is 418 g/mol. The van der Waals surface area contributed by atoms with Crippen molar-refractivity contribution in [3.63, 3.8) is 0 Å². The van der Waals surface area contributed by atoms with Gasteiger partial charge < -0.3 is 23.9 Å². The van der Waals surface area contributed by atoms with Crippen LogP contribution in [0.5, 0.6) is 17.2 Å². The summed E-state index contributed by atoms with van der Waals surface area (Å²) in [5.41, 5.74) is 2.76. The van der Waals surface area contributed by atoms with Crippen molar-refractivity contribution < 1.29 is 33.0 Å². The zero-order chi connectivity index (χ0) is 22.9. The summed E-state index contributed by atoms with van der Waals surface area (Å²) >= 11 is 0. The molecule has 0 aliphatic carbocycles. The fourth-order valence-corrected chi connectivity index (χ4v) is 2.53. The molecule has 0 spiro atoms. The second kappa shape index (κ2) is 10.4. The van der Waals surface area contributed by atoms with E-state index in [1.54, 1.807) is 42.5 Å². The molecule has 3 rings (SSSR count). The fourth-order valence-electron chi connectivity index (χ4n) is 2.53. The monoisotopic (exact) mass is 437 g/mol. The van der Waals surface area contributed by atoms with Crippen molar-refractivity contribution in [3.8, 4) is 17.2 Å². The summed E-state index contributed by atoms with van der Waals surface area (Å²) in [6.45, 7) is 0. The maximum atomic E-state index is 12.2. The zero-order valence-corrected chi connectivity index (χ0v) is 17.2. The van der Waals surface area contributed by atoms with Gasteiger partial charge in [-0.05, 0) is 36.4 Å². The van der Waals surface area contributed by atoms with Gasteiger partial charge >= 0.3 is 17.8 Å². The highest BCUT2D eigenvalue weighted by atomic mass is 16.5. The molecule has 3 aromatic rings. The number of carbonyl (C=O) groups excluding carboxylic acids is 3. The first kappa shape index (κ1) is 22.1. The van der Waals surface area contributed by atoms with Crippen LogP contribution in [0, 0.1) is 0 Å². The van der Waals surface area contributed by atoms with E-state index in [2.05, 4.69) is 15.8 Å². The van der Waals surface area contributed by atoms with Gasteiger partial charge in [0.05, 0.1) is 32.4 Å². The van der Waals surface area contributed by atoms with Gasteiger partial charge in [0.2, 0.25) is 5.76 Å². The van der Waals surface area contributed by atoms with Crippen LogP contribution in [-0.2, 0) is 9.59 Å². The van der Waals surface area contributed by atoms with Crippen molar-refractivity contribution in [2.24, 2.45) is 5.10 Å². The Bertz CT molecular complexity index is 1140. The molecule has 0 unspecified atom stereocenters. The van der Waals surface area contributed by atoms with Gasteiger partial charge in [-0.25, -0.2) is 10.2 Å². The molecule has 0 fully saturated rings. The van der Waals surface area contributed by atoms with Gasteiger partial charge in [-0.2, -0.15) is 5.10 Å². The summed E-state index contributed by atoms with van der Waals surface area (Å²) in [6.07, 6.45) is 2.59. The predicted molar refractivity (Wildman–Crippen MR) is 114 cm³/mol. The number of amides is 2. The number of anilines is 1. The molecule has 10 nitrogen and oxygen atoms in total. The van der Waals surface area contributed by atoms with Crippen molar-refractivity contribution in [2.75, 3.05) is 19.5 Å². The summed E-state index contributed by atoms with van der Waals surface area (Å²) in [5, 5.41) is 6.18. The number of esters is 1. The minimum absolute atomic E-state index is 0.0367. The van der Waals surface area contributed by atoms with E-state index in [1.165, 1.54) is 38.8 Å². The molecule has 0 aliphatic heterocycles. The average molecular weight is 437 g/mol. The maximum Gasteiger partial charge on any atom is 0.379 e. The number of benzene rings is 2. The van der Waals surface area contributed by atoms with Crippen LogP contribution in [0.1, 0.15) is 16.1 Å². The Hall–Kier alpha value is -4.60. The topological polar surface area (TPSA) is 128 Å². The molecule has 0 saturated carbocycles. The zero-order valence-electron chi connectivity index (χ0n) is 17.2. The minimum Gasteiger partial charge on any atom is -0.497 e. The normalized spacial score (nSPS) is 10.4. The first-order valence-electron chi connectivity index (χ1n) is 9.23. The summed E-state index contributed by atoms with van der Waals surface area (Å²) in [5.74, 6) is -1.62. The smallest absolute Gasteiger partial charge is 0.379 e. The first-order valence-corrected chi connectivity index (χ1v) is 9.23. The number of methoxy groups -OCH3 is 2. The number of hydrogen-bond donors (Lipinski definition) is 2. The second-order valence-corrected chi connectivity index (χ2v) is 6.12. The van der Waals surface area contributed by atoms with Gasteiger partial charge in [0.15, 0.2) is 0 Å². The molecule has 0 saturated heterocycles. The van der Waals surface area contributed by atoms with Crippen LogP contribution in [0.2, 0.25) is 0 Å². The van der Waals surface area contributed by atoms with Gasteiger partial charge in [-0.3, -0.25) is 9.59 Å². The largest absolute Gasteiger partial charge is 0.497 e. The molecule has 10 heteroatoms. The molecular formula is C22H19N3O7. The molecule has 0 aliphatic rings. The molecule has 164 valence electrons. The minimum atomic E-state index is -1.02. The van der Waals surface area contributed by atoms with Crippen molar-refractivity contribution in [2.45, 2.75) is 0 Å². The Balaban J connectivity index is 1.63. The third kappa shape index (κ3) is 5.51. The lowest BCUT2D eigenvalue weighted by molar-refractivity contribution is -0.136. The lowest BCUT2D eigenvalue weighted by Crippen LogP contribution is -2.32. The lowest BCUT2D eigenvalue weighted by atomic mass is 10.2. The van der Waals surface area contributed by atoms with Crippen molar-refractivity contribution in [1.29, 1.82) is 0 Å². The van der Waals surface area contributed by atoms with E-state index < -0.39 is 17.8 Å². The van der Waals surface area contributed by atoms with E-state index in [1.807, 2.05) is 0 Å². The molecule has 0 bridgehead atoms. The molecule has 0 atom stereocenters. The van der Waals surface area contributed by atoms with Crippen LogP contribution in [0.4, 0.5) is 5.69 Å². The predicted octanol–water partition coefficient (Wildman–Crippen LogP) is 2.60. The van der Waals surface area contributed by atoms with E-state index in [0.717, 1.165) is 0 Å². The molecule has 2 aromatic carbocycles. The van der Waals surface area contributed by atoms with Crippen LogP contribution >= 0.6 is 0 Å². The van der Waals surface area contributed by atoms with E-state index in [9.17, 15) is 14.4 Å². The number of carbonyl (C=O) groups is 3. The van der Waals surface area contributed by atoms with Gasteiger partial charge in [0.25, 0.3) is 0 Å². The van der Waals surface area contributed by atoms with Crippen LogP contribution in [0.3, 0.4) is 0 Å². The molecule has 32 heavy (non-hydrogen) atoms. The van der Waals surface area contributed by atoms with Gasteiger partial charge in [-0.15, -0.1) is 0 Å². The highest BCUT2D eigenvalue weighted by Gasteiger charge is 2.17. The Kier molecular flexibility index (Phi) is 7.20. The van der Waals surface area contributed by atoms with Crippen molar-refractivity contribution in [1.82, 2.24) is 5.43 Å². The van der Waals surface area contributed by atoms with Gasteiger partial charge in [0.1, 0.15) is 17.2 Å².